The number of piperazine rings is 1. The van der Waals surface area contributed by atoms with Crippen molar-refractivity contribution in [1.29, 1.82) is 0 Å². The Hall–Kier alpha value is -2.09. The lowest BCUT2D eigenvalue weighted by Gasteiger charge is -2.33. The smallest absolute Gasteiger partial charge is 0.232 e. The van der Waals surface area contributed by atoms with Crippen molar-refractivity contribution in [3.05, 3.63) is 29.3 Å². The number of sulfonamides is 1. The van der Waals surface area contributed by atoms with E-state index in [4.69, 9.17) is 0 Å². The van der Waals surface area contributed by atoms with Crippen molar-refractivity contribution < 1.29 is 18.0 Å². The Morgan fingerprint density at radius 1 is 1.20 bits per heavy atom. The van der Waals surface area contributed by atoms with Crippen LogP contribution in [-0.4, -0.2) is 69.5 Å². The number of aryl methyl sites for hydroxylation is 1. The summed E-state index contributed by atoms with van der Waals surface area (Å²) in [5, 5.41) is 0. The molecule has 8 heteroatoms. The third-order valence-electron chi connectivity index (χ3n) is 4.59. The first kappa shape index (κ1) is 19.2. The minimum absolute atomic E-state index is 0.0931. The molecule has 1 fully saturated rings. The first-order valence-electron chi connectivity index (χ1n) is 8.25. The molecule has 0 aromatic heterocycles. The molecular weight excluding hydrogens is 342 g/mol. The van der Waals surface area contributed by atoms with E-state index >= 15 is 0 Å². The molecule has 25 heavy (non-hydrogen) atoms. The van der Waals surface area contributed by atoms with E-state index in [1.165, 1.54) is 4.31 Å². The maximum Gasteiger partial charge on any atom is 0.232 e. The number of amides is 2. The zero-order valence-corrected chi connectivity index (χ0v) is 15.8. The second-order valence-corrected chi connectivity index (χ2v) is 8.23. The van der Waals surface area contributed by atoms with Gasteiger partial charge in [0.15, 0.2) is 0 Å². The van der Waals surface area contributed by atoms with Gasteiger partial charge in [-0.15, -0.1) is 0 Å². The summed E-state index contributed by atoms with van der Waals surface area (Å²) in [6.45, 7) is 5.92. The van der Waals surface area contributed by atoms with Gasteiger partial charge >= 0.3 is 0 Å². The topological polar surface area (TPSA) is 78.0 Å². The molecule has 1 aliphatic heterocycles. The first-order chi connectivity index (χ1) is 11.7. The molecular formula is C17H25N3O4S. The summed E-state index contributed by atoms with van der Waals surface area (Å²) in [5.41, 5.74) is 2.50. The summed E-state index contributed by atoms with van der Waals surface area (Å²) in [7, 11) is -3.49. The first-order valence-corrected chi connectivity index (χ1v) is 10.1. The molecule has 2 rings (SSSR count). The summed E-state index contributed by atoms with van der Waals surface area (Å²) in [6.07, 6.45) is 2.05. The molecule has 0 saturated carbocycles. The Morgan fingerprint density at radius 3 is 2.40 bits per heavy atom. The SMILES string of the molecule is Cc1cccc(N(CCC(=O)N2CCN(C=O)CC2)S(C)(=O)=O)c1C. The van der Waals surface area contributed by atoms with Gasteiger partial charge in [-0.25, -0.2) is 8.42 Å². The highest BCUT2D eigenvalue weighted by molar-refractivity contribution is 7.92. The maximum absolute atomic E-state index is 12.4. The fourth-order valence-electron chi connectivity index (χ4n) is 2.90. The molecule has 1 aromatic rings. The number of rotatable bonds is 6. The minimum atomic E-state index is -3.49. The second-order valence-electron chi connectivity index (χ2n) is 6.33. The zero-order valence-electron chi connectivity index (χ0n) is 14.9. The van der Waals surface area contributed by atoms with Gasteiger partial charge in [0.1, 0.15) is 0 Å². The van der Waals surface area contributed by atoms with Crippen molar-refractivity contribution in [2.45, 2.75) is 20.3 Å². The molecule has 0 atom stereocenters. The molecule has 7 nitrogen and oxygen atoms in total. The standard InChI is InChI=1S/C17H25N3O4S/c1-14-5-4-6-16(15(14)2)20(25(3,23)24)8-7-17(22)19-11-9-18(13-21)10-12-19/h4-6,13H,7-12H2,1-3H3. The Kier molecular flexibility index (Phi) is 6.05. The van der Waals surface area contributed by atoms with Gasteiger partial charge in [-0.2, -0.15) is 0 Å². The lowest BCUT2D eigenvalue weighted by atomic mass is 10.1. The highest BCUT2D eigenvalue weighted by Crippen LogP contribution is 2.25. The van der Waals surface area contributed by atoms with Crippen LogP contribution < -0.4 is 4.31 Å². The van der Waals surface area contributed by atoms with Crippen LogP contribution in [0.25, 0.3) is 0 Å². The van der Waals surface area contributed by atoms with Crippen LogP contribution in [0.15, 0.2) is 18.2 Å². The van der Waals surface area contributed by atoms with E-state index in [-0.39, 0.29) is 18.9 Å². The Morgan fingerprint density at radius 2 is 1.84 bits per heavy atom. The van der Waals surface area contributed by atoms with E-state index < -0.39 is 10.0 Å². The lowest BCUT2D eigenvalue weighted by molar-refractivity contribution is -0.134. The van der Waals surface area contributed by atoms with Gasteiger partial charge in [0.25, 0.3) is 0 Å². The Balaban J connectivity index is 2.08. The van der Waals surface area contributed by atoms with Gasteiger partial charge < -0.3 is 9.80 Å². The van der Waals surface area contributed by atoms with Crippen LogP contribution in [0, 0.1) is 13.8 Å². The maximum atomic E-state index is 12.4. The normalized spacial score (nSPS) is 15.2. The predicted octanol–water partition coefficient (Wildman–Crippen LogP) is 0.760. The van der Waals surface area contributed by atoms with Crippen molar-refractivity contribution >= 4 is 28.0 Å². The number of carbonyl (C=O) groups excluding carboxylic acids is 2. The molecule has 0 aliphatic carbocycles. The van der Waals surface area contributed by atoms with Gasteiger partial charge in [0.05, 0.1) is 11.9 Å². The van der Waals surface area contributed by atoms with E-state index in [1.807, 2.05) is 26.0 Å². The lowest BCUT2D eigenvalue weighted by Crippen LogP contribution is -2.48. The van der Waals surface area contributed by atoms with E-state index in [0.29, 0.717) is 31.9 Å². The average molecular weight is 367 g/mol. The minimum Gasteiger partial charge on any atom is -0.342 e. The summed E-state index contributed by atoms with van der Waals surface area (Å²) in [4.78, 5) is 26.4. The summed E-state index contributed by atoms with van der Waals surface area (Å²) >= 11 is 0. The van der Waals surface area contributed by atoms with Crippen LogP contribution in [0.1, 0.15) is 17.5 Å². The summed E-state index contributed by atoms with van der Waals surface area (Å²) in [5.74, 6) is -0.0931. The molecule has 1 aromatic carbocycles. The molecule has 1 saturated heterocycles. The third-order valence-corrected chi connectivity index (χ3v) is 5.77. The number of benzene rings is 1. The fourth-order valence-corrected chi connectivity index (χ4v) is 3.88. The Bertz CT molecular complexity index is 740. The van der Waals surface area contributed by atoms with E-state index in [0.717, 1.165) is 23.8 Å². The molecule has 0 bridgehead atoms. The quantitative estimate of drug-likeness (QED) is 0.696. The van der Waals surface area contributed by atoms with Gasteiger partial charge in [0.2, 0.25) is 22.3 Å². The van der Waals surface area contributed by atoms with Crippen LogP contribution in [0.2, 0.25) is 0 Å². The fraction of sp³-hybridized carbons (Fsp3) is 0.529. The number of hydrogen-bond donors (Lipinski definition) is 0. The third kappa shape index (κ3) is 4.72. The average Bonchev–Trinajstić information content (AvgIpc) is 2.57. The second kappa shape index (κ2) is 7.86. The van der Waals surface area contributed by atoms with E-state index in [1.54, 1.807) is 15.9 Å². The van der Waals surface area contributed by atoms with Crippen molar-refractivity contribution in [3.8, 4) is 0 Å². The Labute approximate surface area is 149 Å². The number of carbonyl (C=O) groups is 2. The summed E-state index contributed by atoms with van der Waals surface area (Å²) < 4.78 is 25.7. The van der Waals surface area contributed by atoms with Gasteiger partial charge in [0, 0.05) is 39.1 Å². The monoisotopic (exact) mass is 367 g/mol. The van der Waals surface area contributed by atoms with Crippen LogP contribution in [0.3, 0.4) is 0 Å². The number of hydrogen-bond acceptors (Lipinski definition) is 4. The van der Waals surface area contributed by atoms with Crippen molar-refractivity contribution in [2.24, 2.45) is 0 Å². The molecule has 1 aliphatic rings. The zero-order chi connectivity index (χ0) is 18.6. The van der Waals surface area contributed by atoms with Crippen molar-refractivity contribution in [2.75, 3.05) is 43.3 Å². The van der Waals surface area contributed by atoms with E-state index in [9.17, 15) is 18.0 Å². The van der Waals surface area contributed by atoms with Gasteiger partial charge in [-0.1, -0.05) is 12.1 Å². The van der Waals surface area contributed by atoms with Crippen LogP contribution in [-0.2, 0) is 19.6 Å². The molecule has 0 unspecified atom stereocenters. The number of nitrogens with zero attached hydrogens (tertiary/aromatic N) is 3. The van der Waals surface area contributed by atoms with Gasteiger partial charge in [-0.3, -0.25) is 13.9 Å². The van der Waals surface area contributed by atoms with Gasteiger partial charge in [-0.05, 0) is 31.0 Å². The summed E-state index contributed by atoms with van der Waals surface area (Å²) in [6, 6.07) is 5.50. The molecule has 1 heterocycles. The highest BCUT2D eigenvalue weighted by Gasteiger charge is 2.24. The molecule has 0 N–H and O–H groups in total. The van der Waals surface area contributed by atoms with Crippen molar-refractivity contribution in [3.63, 3.8) is 0 Å². The van der Waals surface area contributed by atoms with Crippen molar-refractivity contribution in [1.82, 2.24) is 9.80 Å². The molecule has 2 amide bonds. The number of anilines is 1. The van der Waals surface area contributed by atoms with Crippen LogP contribution >= 0.6 is 0 Å². The highest BCUT2D eigenvalue weighted by atomic mass is 32.2. The van der Waals surface area contributed by atoms with E-state index in [2.05, 4.69) is 0 Å². The van der Waals surface area contributed by atoms with Crippen LogP contribution in [0.5, 0.6) is 0 Å². The molecule has 138 valence electrons. The predicted molar refractivity (Wildman–Crippen MR) is 96.9 cm³/mol. The molecule has 0 radical (unpaired) electrons. The van der Waals surface area contributed by atoms with Crippen LogP contribution in [0.4, 0.5) is 5.69 Å². The molecule has 0 spiro atoms. The largest absolute Gasteiger partial charge is 0.342 e.